The van der Waals surface area contributed by atoms with Crippen molar-refractivity contribution in [2.45, 2.75) is 12.5 Å². The van der Waals surface area contributed by atoms with E-state index >= 15 is 0 Å². The van der Waals surface area contributed by atoms with Gasteiger partial charge in [0, 0.05) is 26.9 Å². The van der Waals surface area contributed by atoms with Crippen LogP contribution in [0.25, 0.3) is 0 Å². The quantitative estimate of drug-likeness (QED) is 0.468. The molecule has 0 heterocycles. The third kappa shape index (κ3) is 2.13. The predicted molar refractivity (Wildman–Crippen MR) is 46.4 cm³/mol. The number of rotatable bonds is 5. The highest BCUT2D eigenvalue weighted by Crippen LogP contribution is 2.23. The summed E-state index contributed by atoms with van der Waals surface area (Å²) in [5, 5.41) is 0. The topological polar surface area (TPSA) is 27.7 Å². The summed E-state index contributed by atoms with van der Waals surface area (Å²) in [5.74, 6) is 0. The summed E-state index contributed by atoms with van der Waals surface area (Å²) in [5.41, 5.74) is 0.127. The fourth-order valence-electron chi connectivity index (χ4n) is 0.952. The minimum Gasteiger partial charge on any atom is -0.376 e. The van der Waals surface area contributed by atoms with Gasteiger partial charge in [0.2, 0.25) is 0 Å². The Hall–Kier alpha value is -0.163. The maximum Gasteiger partial charge on any atom is 0.507 e. The molecule has 66 valence electrons. The molecule has 0 spiro atoms. The van der Waals surface area contributed by atoms with Gasteiger partial charge in [-0.1, -0.05) is 13.0 Å². The molecule has 0 bridgehead atoms. The van der Waals surface area contributed by atoms with E-state index in [0.29, 0.717) is 0 Å². The molecule has 4 heteroatoms. The maximum atomic E-state index is 5.21. The molecule has 0 radical (unpaired) electrons. The fraction of sp³-hybridized carbons (Fsp3) is 0.714. The molecule has 0 rings (SSSR count). The second-order valence-electron chi connectivity index (χ2n) is 2.24. The van der Waals surface area contributed by atoms with Crippen LogP contribution >= 0.6 is 0 Å². The third-order valence-corrected chi connectivity index (χ3v) is 4.82. The first-order chi connectivity index (χ1) is 5.16. The van der Waals surface area contributed by atoms with Crippen LogP contribution in [0.3, 0.4) is 0 Å². The fourth-order valence-corrected chi connectivity index (χ4v) is 2.86. The number of allylic oxidation sites excluding steroid dienone is 1. The molecular weight excluding hydrogens is 160 g/mol. The monoisotopic (exact) mass is 176 g/mol. The summed E-state index contributed by atoms with van der Waals surface area (Å²) >= 11 is 0. The van der Waals surface area contributed by atoms with Crippen molar-refractivity contribution in [2.75, 3.05) is 21.3 Å². The largest absolute Gasteiger partial charge is 0.507 e. The first kappa shape index (κ1) is 10.8. The predicted octanol–water partition coefficient (Wildman–Crippen LogP) is 1.44. The van der Waals surface area contributed by atoms with Gasteiger partial charge in [-0.05, 0) is 0 Å². The van der Waals surface area contributed by atoms with Gasteiger partial charge in [-0.15, -0.1) is 6.58 Å². The van der Waals surface area contributed by atoms with Crippen molar-refractivity contribution in [1.82, 2.24) is 0 Å². The Balaban J connectivity index is 4.38. The van der Waals surface area contributed by atoms with E-state index in [1.54, 1.807) is 27.4 Å². The maximum absolute atomic E-state index is 5.21. The van der Waals surface area contributed by atoms with E-state index in [4.69, 9.17) is 13.3 Å². The van der Waals surface area contributed by atoms with Crippen LogP contribution in [-0.4, -0.2) is 30.1 Å². The number of hydrogen-bond donors (Lipinski definition) is 0. The second kappa shape index (κ2) is 4.66. The van der Waals surface area contributed by atoms with E-state index in [1.807, 2.05) is 6.92 Å². The average Bonchev–Trinajstić information content (AvgIpc) is 2.08. The Morgan fingerprint density at radius 2 is 1.55 bits per heavy atom. The molecule has 0 aromatic heterocycles. The summed E-state index contributed by atoms with van der Waals surface area (Å²) < 4.78 is 15.6. The standard InChI is InChI=1S/C7H16O3Si/c1-6-7(2)11(8-3,9-4)10-5/h6-7H,1H2,2-5H3. The summed E-state index contributed by atoms with van der Waals surface area (Å²) in [6.07, 6.45) is 1.78. The van der Waals surface area contributed by atoms with E-state index in [9.17, 15) is 0 Å². The zero-order valence-corrected chi connectivity index (χ0v) is 8.59. The van der Waals surface area contributed by atoms with Crippen LogP contribution in [0.5, 0.6) is 0 Å². The van der Waals surface area contributed by atoms with Crippen LogP contribution in [0.1, 0.15) is 6.92 Å². The highest BCUT2D eigenvalue weighted by atomic mass is 28.4. The summed E-state index contributed by atoms with van der Waals surface area (Å²) in [4.78, 5) is 0. The summed E-state index contributed by atoms with van der Waals surface area (Å²) in [7, 11) is 2.35. The SMILES string of the molecule is C=CC(C)[Si](OC)(OC)OC. The van der Waals surface area contributed by atoms with Crippen LogP contribution in [-0.2, 0) is 13.3 Å². The van der Waals surface area contributed by atoms with Crippen molar-refractivity contribution < 1.29 is 13.3 Å². The van der Waals surface area contributed by atoms with Crippen LogP contribution in [0.2, 0.25) is 5.54 Å². The summed E-state index contributed by atoms with van der Waals surface area (Å²) in [6.45, 7) is 5.63. The van der Waals surface area contributed by atoms with Gasteiger partial charge in [0.25, 0.3) is 0 Å². The lowest BCUT2D eigenvalue weighted by Crippen LogP contribution is -2.46. The van der Waals surface area contributed by atoms with E-state index in [1.165, 1.54) is 0 Å². The lowest BCUT2D eigenvalue weighted by atomic mass is 10.5. The zero-order valence-electron chi connectivity index (χ0n) is 7.59. The van der Waals surface area contributed by atoms with Gasteiger partial charge in [0.05, 0.1) is 0 Å². The minimum absolute atomic E-state index is 0.127. The highest BCUT2D eigenvalue weighted by molar-refractivity contribution is 6.62. The zero-order chi connectivity index (χ0) is 8.91. The van der Waals surface area contributed by atoms with Crippen molar-refractivity contribution in [1.29, 1.82) is 0 Å². The van der Waals surface area contributed by atoms with Crippen LogP contribution in [0, 0.1) is 0 Å². The van der Waals surface area contributed by atoms with Crippen molar-refractivity contribution in [2.24, 2.45) is 0 Å². The molecule has 3 nitrogen and oxygen atoms in total. The van der Waals surface area contributed by atoms with E-state index in [2.05, 4.69) is 6.58 Å². The molecule has 0 saturated carbocycles. The van der Waals surface area contributed by atoms with E-state index in [0.717, 1.165) is 0 Å². The molecule has 11 heavy (non-hydrogen) atoms. The van der Waals surface area contributed by atoms with Gasteiger partial charge in [-0.2, -0.15) is 0 Å². The van der Waals surface area contributed by atoms with Gasteiger partial charge in [-0.3, -0.25) is 0 Å². The Morgan fingerprint density at radius 3 is 1.64 bits per heavy atom. The van der Waals surface area contributed by atoms with Crippen molar-refractivity contribution in [3.63, 3.8) is 0 Å². The molecular formula is C7H16O3Si. The Bertz CT molecular complexity index is 115. The van der Waals surface area contributed by atoms with E-state index < -0.39 is 8.80 Å². The van der Waals surface area contributed by atoms with Crippen LogP contribution in [0.4, 0.5) is 0 Å². The van der Waals surface area contributed by atoms with Crippen LogP contribution < -0.4 is 0 Å². The lowest BCUT2D eigenvalue weighted by molar-refractivity contribution is 0.118. The van der Waals surface area contributed by atoms with E-state index in [-0.39, 0.29) is 5.54 Å². The molecule has 0 aliphatic heterocycles. The molecule has 0 aromatic rings. The summed E-state index contributed by atoms with van der Waals surface area (Å²) in [6, 6.07) is 0. The molecule has 1 unspecified atom stereocenters. The molecule has 0 aliphatic rings. The van der Waals surface area contributed by atoms with Crippen molar-refractivity contribution in [3.05, 3.63) is 12.7 Å². The molecule has 1 atom stereocenters. The first-order valence-electron chi connectivity index (χ1n) is 3.44. The molecule has 0 aliphatic carbocycles. The van der Waals surface area contributed by atoms with Gasteiger partial charge >= 0.3 is 8.80 Å². The minimum atomic E-state index is -2.44. The van der Waals surface area contributed by atoms with Crippen molar-refractivity contribution >= 4 is 8.80 Å². The molecule has 0 N–H and O–H groups in total. The molecule has 0 saturated heterocycles. The Morgan fingerprint density at radius 1 is 1.18 bits per heavy atom. The normalized spacial score (nSPS) is 14.5. The van der Waals surface area contributed by atoms with Gasteiger partial charge in [0.1, 0.15) is 0 Å². The Labute approximate surface area is 69.3 Å². The van der Waals surface area contributed by atoms with Gasteiger partial charge < -0.3 is 13.3 Å². The first-order valence-corrected chi connectivity index (χ1v) is 5.25. The second-order valence-corrected chi connectivity index (χ2v) is 5.58. The third-order valence-electron chi connectivity index (χ3n) is 1.76. The highest BCUT2D eigenvalue weighted by Gasteiger charge is 2.42. The lowest BCUT2D eigenvalue weighted by Gasteiger charge is -2.27. The Kier molecular flexibility index (Phi) is 4.59. The van der Waals surface area contributed by atoms with Crippen LogP contribution in [0.15, 0.2) is 12.7 Å². The average molecular weight is 176 g/mol. The smallest absolute Gasteiger partial charge is 0.376 e. The molecule has 0 aromatic carbocycles. The van der Waals surface area contributed by atoms with Gasteiger partial charge in [-0.25, -0.2) is 0 Å². The van der Waals surface area contributed by atoms with Crippen molar-refractivity contribution in [3.8, 4) is 0 Å². The molecule has 0 fully saturated rings. The number of hydrogen-bond acceptors (Lipinski definition) is 3. The van der Waals surface area contributed by atoms with Gasteiger partial charge in [0.15, 0.2) is 0 Å². The molecule has 0 amide bonds.